The molecule has 0 spiro atoms. The summed E-state index contributed by atoms with van der Waals surface area (Å²) in [7, 11) is 2.26. The summed E-state index contributed by atoms with van der Waals surface area (Å²) in [6.07, 6.45) is 5.18. The van der Waals surface area contributed by atoms with Crippen LogP contribution < -0.4 is 5.32 Å². The van der Waals surface area contributed by atoms with Crippen LogP contribution in [-0.4, -0.2) is 48.3 Å². The standard InChI is InChI=1S/C15H30N2O/c1-14(2)10-13(15(3,4)18-14)16-11-12-8-6-7-9-17(12)5/h12-13,16H,6-11H2,1-5H3. The van der Waals surface area contributed by atoms with Gasteiger partial charge in [0.2, 0.25) is 0 Å². The van der Waals surface area contributed by atoms with Crippen LogP contribution in [-0.2, 0) is 4.74 Å². The van der Waals surface area contributed by atoms with Crippen LogP contribution in [0.2, 0.25) is 0 Å². The highest BCUT2D eigenvalue weighted by atomic mass is 16.5. The summed E-state index contributed by atoms with van der Waals surface area (Å²) < 4.78 is 6.14. The van der Waals surface area contributed by atoms with Gasteiger partial charge in [0.05, 0.1) is 11.2 Å². The molecule has 2 saturated heterocycles. The Morgan fingerprint density at radius 1 is 1.22 bits per heavy atom. The van der Waals surface area contributed by atoms with Gasteiger partial charge in [-0.3, -0.25) is 0 Å². The van der Waals surface area contributed by atoms with Crippen molar-refractivity contribution >= 4 is 0 Å². The summed E-state index contributed by atoms with van der Waals surface area (Å²) >= 11 is 0. The van der Waals surface area contributed by atoms with Crippen LogP contribution >= 0.6 is 0 Å². The Balaban J connectivity index is 1.86. The van der Waals surface area contributed by atoms with E-state index in [0.29, 0.717) is 12.1 Å². The second-order valence-electron chi connectivity index (χ2n) is 7.26. The second kappa shape index (κ2) is 5.10. The lowest BCUT2D eigenvalue weighted by molar-refractivity contribution is -0.0701. The average Bonchev–Trinajstić information content (AvgIpc) is 2.45. The third-order valence-electron chi connectivity index (χ3n) is 4.60. The molecule has 3 heteroatoms. The van der Waals surface area contributed by atoms with Gasteiger partial charge in [0.15, 0.2) is 0 Å². The smallest absolute Gasteiger partial charge is 0.0787 e. The number of likely N-dealkylation sites (tertiary alicyclic amines) is 1. The van der Waals surface area contributed by atoms with Gasteiger partial charge in [-0.05, 0) is 60.5 Å². The van der Waals surface area contributed by atoms with Gasteiger partial charge in [-0.2, -0.15) is 0 Å². The lowest BCUT2D eigenvalue weighted by atomic mass is 9.93. The van der Waals surface area contributed by atoms with E-state index in [0.717, 1.165) is 13.0 Å². The van der Waals surface area contributed by atoms with Crippen molar-refractivity contribution in [1.82, 2.24) is 10.2 Å². The molecule has 2 heterocycles. The van der Waals surface area contributed by atoms with Gasteiger partial charge in [0.25, 0.3) is 0 Å². The predicted molar refractivity (Wildman–Crippen MR) is 75.9 cm³/mol. The Labute approximate surface area is 112 Å². The minimum Gasteiger partial charge on any atom is -0.368 e. The largest absolute Gasteiger partial charge is 0.368 e. The monoisotopic (exact) mass is 254 g/mol. The van der Waals surface area contributed by atoms with E-state index in [1.165, 1.54) is 25.8 Å². The van der Waals surface area contributed by atoms with Crippen LogP contribution in [0, 0.1) is 0 Å². The molecule has 106 valence electrons. The lowest BCUT2D eigenvalue weighted by Crippen LogP contribution is -2.50. The fourth-order valence-electron chi connectivity index (χ4n) is 3.56. The Hall–Kier alpha value is -0.120. The topological polar surface area (TPSA) is 24.5 Å². The zero-order valence-corrected chi connectivity index (χ0v) is 12.8. The van der Waals surface area contributed by atoms with Crippen molar-refractivity contribution in [2.45, 2.75) is 76.7 Å². The van der Waals surface area contributed by atoms with E-state index in [1.807, 2.05) is 0 Å². The summed E-state index contributed by atoms with van der Waals surface area (Å²) in [5, 5.41) is 3.76. The van der Waals surface area contributed by atoms with Gasteiger partial charge in [0.1, 0.15) is 0 Å². The molecule has 0 aromatic rings. The van der Waals surface area contributed by atoms with Crippen LogP contribution in [0.4, 0.5) is 0 Å². The zero-order chi connectivity index (χ0) is 13.4. The van der Waals surface area contributed by atoms with Crippen LogP contribution in [0.3, 0.4) is 0 Å². The van der Waals surface area contributed by atoms with Crippen LogP contribution in [0.5, 0.6) is 0 Å². The van der Waals surface area contributed by atoms with Gasteiger partial charge in [-0.15, -0.1) is 0 Å². The SMILES string of the molecule is CN1CCCCC1CNC1CC(C)(C)OC1(C)C. The molecule has 1 N–H and O–H groups in total. The van der Waals surface area contributed by atoms with Crippen molar-refractivity contribution < 1.29 is 4.74 Å². The van der Waals surface area contributed by atoms with Gasteiger partial charge in [-0.25, -0.2) is 0 Å². The van der Waals surface area contributed by atoms with Crippen LogP contribution in [0.1, 0.15) is 53.4 Å². The molecule has 0 saturated carbocycles. The maximum Gasteiger partial charge on any atom is 0.0787 e. The molecule has 2 rings (SSSR count). The first kappa shape index (κ1) is 14.3. The fourth-order valence-corrected chi connectivity index (χ4v) is 3.56. The maximum absolute atomic E-state index is 6.14. The Kier molecular flexibility index (Phi) is 4.05. The minimum absolute atomic E-state index is 0.0135. The molecule has 2 aliphatic heterocycles. The van der Waals surface area contributed by atoms with Crippen molar-refractivity contribution in [3.05, 3.63) is 0 Å². The van der Waals surface area contributed by atoms with E-state index in [4.69, 9.17) is 4.74 Å². The molecule has 2 unspecified atom stereocenters. The first-order chi connectivity index (χ1) is 8.30. The number of hydrogen-bond acceptors (Lipinski definition) is 3. The second-order valence-corrected chi connectivity index (χ2v) is 7.26. The normalized spacial score (nSPS) is 35.8. The number of ether oxygens (including phenoxy) is 1. The number of hydrogen-bond donors (Lipinski definition) is 1. The summed E-state index contributed by atoms with van der Waals surface area (Å²) in [6.45, 7) is 11.2. The number of piperidine rings is 1. The Bertz CT molecular complexity index is 288. The van der Waals surface area contributed by atoms with Crippen molar-refractivity contribution in [3.8, 4) is 0 Å². The van der Waals surface area contributed by atoms with E-state index in [-0.39, 0.29) is 11.2 Å². The third kappa shape index (κ3) is 3.25. The van der Waals surface area contributed by atoms with Gasteiger partial charge < -0.3 is 15.0 Å². The van der Waals surface area contributed by atoms with Gasteiger partial charge >= 0.3 is 0 Å². The summed E-state index contributed by atoms with van der Waals surface area (Å²) in [5.41, 5.74) is -0.0314. The Morgan fingerprint density at radius 3 is 2.50 bits per heavy atom. The molecule has 2 fully saturated rings. The van der Waals surface area contributed by atoms with E-state index in [1.54, 1.807) is 0 Å². The first-order valence-corrected chi connectivity index (χ1v) is 7.44. The zero-order valence-electron chi connectivity index (χ0n) is 12.8. The van der Waals surface area contributed by atoms with Crippen molar-refractivity contribution in [2.75, 3.05) is 20.1 Å². The molecule has 0 aromatic carbocycles. The third-order valence-corrected chi connectivity index (χ3v) is 4.60. The molecule has 2 aliphatic rings. The lowest BCUT2D eigenvalue weighted by Gasteiger charge is -2.35. The quantitative estimate of drug-likeness (QED) is 0.837. The number of nitrogens with one attached hydrogen (secondary N) is 1. The van der Waals surface area contributed by atoms with Crippen molar-refractivity contribution in [1.29, 1.82) is 0 Å². The van der Waals surface area contributed by atoms with E-state index >= 15 is 0 Å². The average molecular weight is 254 g/mol. The van der Waals surface area contributed by atoms with E-state index in [2.05, 4.69) is 45.0 Å². The molecular weight excluding hydrogens is 224 g/mol. The Morgan fingerprint density at radius 2 is 1.94 bits per heavy atom. The molecular formula is C15H30N2O. The summed E-state index contributed by atoms with van der Waals surface area (Å²) in [5.74, 6) is 0. The van der Waals surface area contributed by atoms with Crippen LogP contribution in [0.25, 0.3) is 0 Å². The van der Waals surface area contributed by atoms with Crippen LogP contribution in [0.15, 0.2) is 0 Å². The summed E-state index contributed by atoms with van der Waals surface area (Å²) in [4.78, 5) is 2.50. The molecule has 0 aromatic heterocycles. The molecule has 2 atom stereocenters. The maximum atomic E-state index is 6.14. The number of nitrogens with zero attached hydrogens (tertiary/aromatic N) is 1. The van der Waals surface area contributed by atoms with Crippen molar-refractivity contribution in [2.24, 2.45) is 0 Å². The molecule has 0 aliphatic carbocycles. The molecule has 3 nitrogen and oxygen atoms in total. The van der Waals surface area contributed by atoms with Gasteiger partial charge in [-0.1, -0.05) is 6.42 Å². The molecule has 0 amide bonds. The molecule has 0 radical (unpaired) electrons. The number of likely N-dealkylation sites (N-methyl/N-ethyl adjacent to an activating group) is 1. The summed E-state index contributed by atoms with van der Waals surface area (Å²) in [6, 6.07) is 1.18. The molecule has 0 bridgehead atoms. The highest BCUT2D eigenvalue weighted by Crippen LogP contribution is 2.37. The molecule has 18 heavy (non-hydrogen) atoms. The van der Waals surface area contributed by atoms with E-state index < -0.39 is 0 Å². The van der Waals surface area contributed by atoms with Gasteiger partial charge in [0, 0.05) is 18.6 Å². The minimum atomic E-state index is -0.0449. The fraction of sp³-hybridized carbons (Fsp3) is 1.00. The first-order valence-electron chi connectivity index (χ1n) is 7.44. The highest BCUT2D eigenvalue weighted by Gasteiger charge is 2.45. The van der Waals surface area contributed by atoms with Crippen molar-refractivity contribution in [3.63, 3.8) is 0 Å². The number of rotatable bonds is 3. The van der Waals surface area contributed by atoms with E-state index in [9.17, 15) is 0 Å². The highest BCUT2D eigenvalue weighted by molar-refractivity contribution is 4.99. The predicted octanol–water partition coefficient (Wildman–Crippen LogP) is 2.41.